The number of aliphatic carboxylic acids is 1. The van der Waals surface area contributed by atoms with Crippen LogP contribution in [-0.4, -0.2) is 53.5 Å². The number of nitrogens with zero attached hydrogens (tertiary/aromatic N) is 1. The molecule has 200 valence electrons. The van der Waals surface area contributed by atoms with E-state index in [1.165, 1.54) is 12.1 Å². The zero-order valence-corrected chi connectivity index (χ0v) is 21.6. The number of carboxylic acid groups (broad SMARTS) is 1. The van der Waals surface area contributed by atoms with Gasteiger partial charge >= 0.3 is 5.97 Å². The van der Waals surface area contributed by atoms with E-state index in [4.69, 9.17) is 4.74 Å². The van der Waals surface area contributed by atoms with Gasteiger partial charge in [0.15, 0.2) is 0 Å². The number of carboxylic acids is 1. The third kappa shape index (κ3) is 9.52. The van der Waals surface area contributed by atoms with Gasteiger partial charge in [-0.3, -0.25) is 9.59 Å². The molecule has 37 heavy (non-hydrogen) atoms. The summed E-state index contributed by atoms with van der Waals surface area (Å²) in [6, 6.07) is 12.5. The van der Waals surface area contributed by atoms with Gasteiger partial charge in [-0.25, -0.2) is 9.18 Å². The predicted molar refractivity (Wildman–Crippen MR) is 139 cm³/mol. The molecule has 0 spiro atoms. The van der Waals surface area contributed by atoms with E-state index in [1.54, 1.807) is 11.0 Å². The first-order valence-corrected chi connectivity index (χ1v) is 13.0. The molecular weight excluding hydrogens is 475 g/mol. The number of halogens is 1. The van der Waals surface area contributed by atoms with Gasteiger partial charge in [0, 0.05) is 32.4 Å². The molecule has 1 heterocycles. The zero-order valence-electron chi connectivity index (χ0n) is 21.6. The van der Waals surface area contributed by atoms with Crippen molar-refractivity contribution in [3.05, 3.63) is 65.5 Å². The van der Waals surface area contributed by atoms with E-state index in [0.29, 0.717) is 51.3 Å². The minimum atomic E-state index is -1.08. The van der Waals surface area contributed by atoms with Crippen molar-refractivity contribution in [3.63, 3.8) is 0 Å². The van der Waals surface area contributed by atoms with Gasteiger partial charge in [-0.2, -0.15) is 0 Å². The standard InChI is InChI=1S/C29H37FN2O5/c1-20(2)19-37-25-9-6-22(7-10-25)17-26(29(35)36)31-27(33)18-23-12-14-32(15-13-23)28(34)11-8-21-4-3-5-24(30)16-21/h3-7,9-10,16,20,23,26H,8,11-15,17-19H2,1-2H3,(H,31,33)(H,35,36)/t26-/m0/s1. The first-order valence-electron chi connectivity index (χ1n) is 13.0. The van der Waals surface area contributed by atoms with Crippen molar-refractivity contribution in [2.24, 2.45) is 11.8 Å². The van der Waals surface area contributed by atoms with E-state index in [2.05, 4.69) is 19.2 Å². The van der Waals surface area contributed by atoms with Crippen LogP contribution >= 0.6 is 0 Å². The highest BCUT2D eigenvalue weighted by Crippen LogP contribution is 2.22. The zero-order chi connectivity index (χ0) is 26.8. The second-order valence-corrected chi connectivity index (χ2v) is 10.2. The SMILES string of the molecule is CC(C)COc1ccc(C[C@H](NC(=O)CC2CCN(C(=O)CCc3cccc(F)c3)CC2)C(=O)O)cc1. The lowest BCUT2D eigenvalue weighted by Crippen LogP contribution is -2.44. The molecule has 2 aromatic rings. The summed E-state index contributed by atoms with van der Waals surface area (Å²) < 4.78 is 19.0. The van der Waals surface area contributed by atoms with Crippen LogP contribution in [-0.2, 0) is 27.2 Å². The fourth-order valence-corrected chi connectivity index (χ4v) is 4.42. The van der Waals surface area contributed by atoms with Crippen molar-refractivity contribution >= 4 is 17.8 Å². The molecule has 1 aliphatic heterocycles. The average Bonchev–Trinajstić information content (AvgIpc) is 2.87. The molecule has 1 saturated heterocycles. The topological polar surface area (TPSA) is 95.9 Å². The Labute approximate surface area is 218 Å². The Bertz CT molecular complexity index is 1050. The van der Waals surface area contributed by atoms with Gasteiger partial charge in [-0.1, -0.05) is 38.1 Å². The largest absolute Gasteiger partial charge is 0.493 e. The molecule has 2 N–H and O–H groups in total. The number of likely N-dealkylation sites (tertiary alicyclic amines) is 1. The molecule has 0 unspecified atom stereocenters. The normalized spacial score (nSPS) is 14.9. The Kier molecular flexibility index (Phi) is 10.5. The van der Waals surface area contributed by atoms with Crippen LogP contribution in [0.25, 0.3) is 0 Å². The minimum absolute atomic E-state index is 0.0266. The first-order chi connectivity index (χ1) is 17.7. The molecule has 2 amide bonds. The second kappa shape index (κ2) is 13.8. The van der Waals surface area contributed by atoms with Crippen LogP contribution in [0.15, 0.2) is 48.5 Å². The van der Waals surface area contributed by atoms with Crippen LogP contribution < -0.4 is 10.1 Å². The quantitative estimate of drug-likeness (QED) is 0.444. The summed E-state index contributed by atoms with van der Waals surface area (Å²) >= 11 is 0. The monoisotopic (exact) mass is 512 g/mol. The molecule has 0 saturated carbocycles. The molecule has 2 aromatic carbocycles. The number of nitrogens with one attached hydrogen (secondary N) is 1. The van der Waals surface area contributed by atoms with Gasteiger partial charge < -0.3 is 20.1 Å². The van der Waals surface area contributed by atoms with Crippen molar-refractivity contribution in [2.45, 2.75) is 58.4 Å². The van der Waals surface area contributed by atoms with Gasteiger partial charge in [-0.15, -0.1) is 0 Å². The van der Waals surface area contributed by atoms with Crippen LogP contribution in [0.1, 0.15) is 50.7 Å². The summed E-state index contributed by atoms with van der Waals surface area (Å²) in [5.74, 6) is -0.415. The van der Waals surface area contributed by atoms with Gasteiger partial charge in [-0.05, 0) is 66.5 Å². The Morgan fingerprint density at radius 1 is 1.08 bits per heavy atom. The van der Waals surface area contributed by atoms with Crippen LogP contribution in [0.4, 0.5) is 4.39 Å². The molecule has 1 atom stereocenters. The van der Waals surface area contributed by atoms with Crippen molar-refractivity contribution in [3.8, 4) is 5.75 Å². The summed E-state index contributed by atoms with van der Waals surface area (Å²) in [5.41, 5.74) is 1.60. The molecule has 8 heteroatoms. The Morgan fingerprint density at radius 3 is 2.41 bits per heavy atom. The third-order valence-corrected chi connectivity index (χ3v) is 6.54. The highest BCUT2D eigenvalue weighted by molar-refractivity contribution is 5.84. The van der Waals surface area contributed by atoms with Crippen molar-refractivity contribution in [1.29, 1.82) is 0 Å². The maximum atomic E-state index is 13.3. The molecule has 1 aliphatic rings. The van der Waals surface area contributed by atoms with Gasteiger partial charge in [0.05, 0.1) is 6.61 Å². The molecule has 3 rings (SSSR count). The maximum absolute atomic E-state index is 13.3. The number of aryl methyl sites for hydroxylation is 1. The number of hydrogen-bond donors (Lipinski definition) is 2. The number of benzene rings is 2. The number of piperidine rings is 1. The number of ether oxygens (including phenoxy) is 1. The number of hydrogen-bond acceptors (Lipinski definition) is 4. The van der Waals surface area contributed by atoms with Crippen molar-refractivity contribution in [2.75, 3.05) is 19.7 Å². The van der Waals surface area contributed by atoms with Crippen LogP contribution in [0.2, 0.25) is 0 Å². The lowest BCUT2D eigenvalue weighted by atomic mass is 9.92. The fourth-order valence-electron chi connectivity index (χ4n) is 4.42. The van der Waals surface area contributed by atoms with E-state index >= 15 is 0 Å². The maximum Gasteiger partial charge on any atom is 0.326 e. The molecular formula is C29H37FN2O5. The van der Waals surface area contributed by atoms with E-state index in [-0.39, 0.29) is 36.4 Å². The highest BCUT2D eigenvalue weighted by atomic mass is 19.1. The first kappa shape index (κ1) is 28.2. The predicted octanol–water partition coefficient (Wildman–Crippen LogP) is 4.23. The molecule has 7 nitrogen and oxygen atoms in total. The molecule has 0 bridgehead atoms. The summed E-state index contributed by atoms with van der Waals surface area (Å²) in [7, 11) is 0. The molecule has 1 fully saturated rings. The van der Waals surface area contributed by atoms with Crippen molar-refractivity contribution < 1.29 is 28.6 Å². The highest BCUT2D eigenvalue weighted by Gasteiger charge is 2.26. The average molecular weight is 513 g/mol. The Morgan fingerprint density at radius 2 is 1.78 bits per heavy atom. The van der Waals surface area contributed by atoms with Crippen LogP contribution in [0.5, 0.6) is 5.75 Å². The number of rotatable bonds is 12. The fraction of sp³-hybridized carbons (Fsp3) is 0.483. The van der Waals surface area contributed by atoms with Crippen LogP contribution in [0, 0.1) is 17.7 Å². The van der Waals surface area contributed by atoms with Crippen molar-refractivity contribution in [1.82, 2.24) is 10.2 Å². The molecule has 0 aliphatic carbocycles. The van der Waals surface area contributed by atoms with Crippen LogP contribution in [0.3, 0.4) is 0 Å². The lowest BCUT2D eigenvalue weighted by Gasteiger charge is -2.32. The summed E-state index contributed by atoms with van der Waals surface area (Å²) in [6.45, 7) is 5.86. The Balaban J connectivity index is 1.41. The van der Waals surface area contributed by atoms with Gasteiger partial charge in [0.25, 0.3) is 0 Å². The summed E-state index contributed by atoms with van der Waals surface area (Å²) in [4.78, 5) is 38.7. The van der Waals surface area contributed by atoms with E-state index in [1.807, 2.05) is 30.3 Å². The number of carbonyl (C=O) groups is 3. The summed E-state index contributed by atoms with van der Waals surface area (Å²) in [6.07, 6.45) is 2.60. The number of carbonyl (C=O) groups excluding carboxylic acids is 2. The lowest BCUT2D eigenvalue weighted by molar-refractivity contribution is -0.142. The third-order valence-electron chi connectivity index (χ3n) is 6.54. The van der Waals surface area contributed by atoms with E-state index < -0.39 is 12.0 Å². The van der Waals surface area contributed by atoms with Gasteiger partial charge in [0.2, 0.25) is 11.8 Å². The number of amides is 2. The molecule has 0 radical (unpaired) electrons. The Hall–Kier alpha value is -3.42. The minimum Gasteiger partial charge on any atom is -0.493 e. The smallest absolute Gasteiger partial charge is 0.326 e. The molecule has 0 aromatic heterocycles. The second-order valence-electron chi connectivity index (χ2n) is 10.2. The van der Waals surface area contributed by atoms with E-state index in [9.17, 15) is 23.9 Å². The summed E-state index contributed by atoms with van der Waals surface area (Å²) in [5, 5.41) is 12.3. The van der Waals surface area contributed by atoms with Gasteiger partial charge in [0.1, 0.15) is 17.6 Å². The van der Waals surface area contributed by atoms with E-state index in [0.717, 1.165) is 16.9 Å².